The molecule has 0 atom stereocenters. The van der Waals surface area contributed by atoms with Gasteiger partial charge in [0.1, 0.15) is 17.6 Å². The zero-order chi connectivity index (χ0) is 22.8. The van der Waals surface area contributed by atoms with E-state index in [2.05, 4.69) is 26.2 Å². The van der Waals surface area contributed by atoms with Gasteiger partial charge >= 0.3 is 0 Å². The van der Waals surface area contributed by atoms with E-state index in [9.17, 15) is 10.1 Å². The number of carbonyl (C=O) groups excluding carboxylic acids is 1. The second-order valence-electron chi connectivity index (χ2n) is 8.11. The molecule has 0 aromatic carbocycles. The highest BCUT2D eigenvalue weighted by Gasteiger charge is 2.26. The molecule has 0 aliphatic heterocycles. The second kappa shape index (κ2) is 9.12. The van der Waals surface area contributed by atoms with Crippen molar-refractivity contribution in [2.75, 3.05) is 16.9 Å². The fourth-order valence-corrected chi connectivity index (χ4v) is 5.01. The van der Waals surface area contributed by atoms with Gasteiger partial charge in [0, 0.05) is 11.7 Å². The number of nitrogen functional groups attached to an aromatic ring is 1. The highest BCUT2D eigenvalue weighted by Crippen LogP contribution is 2.37. The number of hydrogen-bond acceptors (Lipinski definition) is 7. The molecule has 168 valence electrons. The predicted molar refractivity (Wildman–Crippen MR) is 123 cm³/mol. The molecular formula is C22H27N7O2S. The minimum atomic E-state index is -0.217. The minimum Gasteiger partial charge on any atom is -0.469 e. The Hall–Kier alpha value is -3.19. The highest BCUT2D eigenvalue weighted by molar-refractivity contribution is 7.99. The smallest absolute Gasteiger partial charge is 0.235 e. The Bertz CT molecular complexity index is 1180. The van der Waals surface area contributed by atoms with Crippen LogP contribution >= 0.6 is 11.8 Å². The van der Waals surface area contributed by atoms with Crippen molar-refractivity contribution < 1.29 is 9.21 Å². The van der Waals surface area contributed by atoms with Gasteiger partial charge in [-0.3, -0.25) is 4.79 Å². The monoisotopic (exact) mass is 453 g/mol. The number of amides is 1. The first-order valence-corrected chi connectivity index (χ1v) is 11.7. The number of aryl methyl sites for hydroxylation is 1. The van der Waals surface area contributed by atoms with Crippen LogP contribution < -0.4 is 11.2 Å². The van der Waals surface area contributed by atoms with Crippen molar-refractivity contribution in [2.45, 2.75) is 64.1 Å². The van der Waals surface area contributed by atoms with E-state index in [4.69, 9.17) is 10.3 Å². The molecule has 1 aliphatic carbocycles. The maximum Gasteiger partial charge on any atom is 0.235 e. The summed E-state index contributed by atoms with van der Waals surface area (Å²) in [6.45, 7) is 5.78. The van der Waals surface area contributed by atoms with Crippen molar-refractivity contribution >= 4 is 23.5 Å². The summed E-state index contributed by atoms with van der Waals surface area (Å²) in [5.74, 6) is 7.79. The third-order valence-corrected chi connectivity index (χ3v) is 7.11. The number of rotatable bonds is 6. The Morgan fingerprint density at radius 1 is 1.31 bits per heavy atom. The standard InChI is InChI=1S/C22H27N7O2S/c1-13-14(2)28(16-7-5-4-6-8-16)20(18(13)11-23)25-19(30)12-32-22-27-26-21(29(22)24)17-9-10-31-15(17)3/h9-10,16H,4-8,12,24H2,1-3H3,(H,25,30). The first-order chi connectivity index (χ1) is 15.4. The first-order valence-electron chi connectivity index (χ1n) is 10.7. The van der Waals surface area contributed by atoms with Crippen molar-refractivity contribution in [1.82, 2.24) is 19.4 Å². The normalized spacial score (nSPS) is 14.4. The highest BCUT2D eigenvalue weighted by atomic mass is 32.2. The summed E-state index contributed by atoms with van der Waals surface area (Å²) in [4.78, 5) is 12.8. The largest absolute Gasteiger partial charge is 0.469 e. The lowest BCUT2D eigenvalue weighted by Crippen LogP contribution is -2.22. The van der Waals surface area contributed by atoms with E-state index in [-0.39, 0.29) is 11.7 Å². The summed E-state index contributed by atoms with van der Waals surface area (Å²) in [7, 11) is 0. The molecule has 1 saturated carbocycles. The third-order valence-electron chi connectivity index (χ3n) is 6.16. The average Bonchev–Trinajstić information content (AvgIpc) is 3.43. The molecule has 3 aromatic heterocycles. The summed E-state index contributed by atoms with van der Waals surface area (Å²) >= 11 is 1.19. The van der Waals surface area contributed by atoms with Crippen molar-refractivity contribution in [3.05, 3.63) is 34.9 Å². The Kier molecular flexibility index (Phi) is 6.28. The number of nitrogens with zero attached hydrogens (tertiary/aromatic N) is 5. The van der Waals surface area contributed by atoms with Crippen LogP contribution in [0.25, 0.3) is 11.4 Å². The molecule has 3 aromatic rings. The molecule has 32 heavy (non-hydrogen) atoms. The maximum absolute atomic E-state index is 12.8. The molecule has 10 heteroatoms. The van der Waals surface area contributed by atoms with E-state index in [1.807, 2.05) is 20.8 Å². The summed E-state index contributed by atoms with van der Waals surface area (Å²) in [6, 6.07) is 4.36. The lowest BCUT2D eigenvalue weighted by atomic mass is 9.95. The molecule has 0 spiro atoms. The van der Waals surface area contributed by atoms with Crippen LogP contribution in [0.3, 0.4) is 0 Å². The van der Waals surface area contributed by atoms with Crippen molar-refractivity contribution in [2.24, 2.45) is 0 Å². The number of anilines is 1. The maximum atomic E-state index is 12.8. The van der Waals surface area contributed by atoms with Gasteiger partial charge in [-0.15, -0.1) is 10.2 Å². The zero-order valence-corrected chi connectivity index (χ0v) is 19.3. The van der Waals surface area contributed by atoms with Crippen LogP contribution in [0, 0.1) is 32.1 Å². The number of aromatic nitrogens is 4. The quantitative estimate of drug-likeness (QED) is 0.425. The molecule has 1 aliphatic rings. The molecule has 0 saturated heterocycles. The van der Waals surface area contributed by atoms with Crippen LogP contribution in [0.2, 0.25) is 0 Å². The first kappa shape index (κ1) is 22.0. The SMILES string of the molecule is Cc1occc1-c1nnc(SCC(=O)Nc2c(C#N)c(C)c(C)n2C2CCCCC2)n1N. The fraction of sp³-hybridized carbons (Fsp3) is 0.455. The predicted octanol–water partition coefficient (Wildman–Crippen LogP) is 4.09. The molecule has 0 bridgehead atoms. The van der Waals surface area contributed by atoms with Crippen molar-refractivity contribution in [3.8, 4) is 17.5 Å². The lowest BCUT2D eigenvalue weighted by Gasteiger charge is -2.27. The van der Waals surface area contributed by atoms with E-state index in [0.29, 0.717) is 34.2 Å². The summed E-state index contributed by atoms with van der Waals surface area (Å²) in [6.07, 6.45) is 7.25. The summed E-state index contributed by atoms with van der Waals surface area (Å²) in [5, 5.41) is 21.4. The van der Waals surface area contributed by atoms with Crippen LogP contribution in [-0.2, 0) is 4.79 Å². The van der Waals surface area contributed by atoms with Gasteiger partial charge in [0.15, 0.2) is 5.82 Å². The summed E-state index contributed by atoms with van der Waals surface area (Å²) < 4.78 is 8.82. The number of thioether (sulfide) groups is 1. The number of carbonyl (C=O) groups is 1. The Balaban J connectivity index is 1.51. The van der Waals surface area contributed by atoms with E-state index in [1.54, 1.807) is 12.3 Å². The number of nitrogens with two attached hydrogens (primary N) is 1. The minimum absolute atomic E-state index is 0.0957. The van der Waals surface area contributed by atoms with Gasteiger partial charge in [-0.25, -0.2) is 4.68 Å². The fourth-order valence-electron chi connectivity index (χ4n) is 4.36. The second-order valence-corrected chi connectivity index (χ2v) is 9.05. The van der Waals surface area contributed by atoms with Crippen LogP contribution in [0.15, 0.2) is 21.9 Å². The van der Waals surface area contributed by atoms with Crippen LogP contribution in [0.5, 0.6) is 0 Å². The molecule has 1 fully saturated rings. The third kappa shape index (κ3) is 4.00. The van der Waals surface area contributed by atoms with Crippen LogP contribution in [-0.4, -0.2) is 31.1 Å². The van der Waals surface area contributed by atoms with E-state index in [0.717, 1.165) is 42.5 Å². The van der Waals surface area contributed by atoms with Gasteiger partial charge in [0.2, 0.25) is 11.1 Å². The van der Waals surface area contributed by atoms with Gasteiger partial charge in [0.05, 0.1) is 23.1 Å². The molecular weight excluding hydrogens is 426 g/mol. The van der Waals surface area contributed by atoms with Gasteiger partial charge in [-0.05, 0) is 45.2 Å². The zero-order valence-electron chi connectivity index (χ0n) is 18.5. The number of nitriles is 1. The van der Waals surface area contributed by atoms with Gasteiger partial charge in [-0.1, -0.05) is 31.0 Å². The van der Waals surface area contributed by atoms with Crippen molar-refractivity contribution in [1.29, 1.82) is 5.26 Å². The van der Waals surface area contributed by atoms with Crippen LogP contribution in [0.1, 0.15) is 60.7 Å². The van der Waals surface area contributed by atoms with E-state index >= 15 is 0 Å². The van der Waals surface area contributed by atoms with Crippen molar-refractivity contribution in [3.63, 3.8) is 0 Å². The molecule has 9 nitrogen and oxygen atoms in total. The van der Waals surface area contributed by atoms with E-state index in [1.165, 1.54) is 22.9 Å². The number of hydrogen-bond donors (Lipinski definition) is 2. The van der Waals surface area contributed by atoms with E-state index < -0.39 is 0 Å². The van der Waals surface area contributed by atoms with Crippen LogP contribution in [0.4, 0.5) is 5.82 Å². The van der Waals surface area contributed by atoms with Gasteiger partial charge in [-0.2, -0.15) is 5.26 Å². The Morgan fingerprint density at radius 2 is 2.06 bits per heavy atom. The molecule has 0 radical (unpaired) electrons. The van der Waals surface area contributed by atoms with Gasteiger partial charge < -0.3 is 20.1 Å². The summed E-state index contributed by atoms with van der Waals surface area (Å²) in [5.41, 5.74) is 3.25. The Morgan fingerprint density at radius 3 is 2.72 bits per heavy atom. The Labute approximate surface area is 190 Å². The number of nitrogens with one attached hydrogen (secondary N) is 1. The molecule has 4 rings (SSSR count). The topological polar surface area (TPSA) is 128 Å². The lowest BCUT2D eigenvalue weighted by molar-refractivity contribution is -0.113. The molecule has 3 N–H and O–H groups in total. The molecule has 3 heterocycles. The van der Waals surface area contributed by atoms with Gasteiger partial charge in [0.25, 0.3) is 0 Å². The molecule has 1 amide bonds. The molecule has 0 unspecified atom stereocenters. The number of furan rings is 1. The average molecular weight is 454 g/mol.